The standard InChI is InChI=1S/C26H25N5O3/c1-34-22-13-17(7-12-21(22)30-26(33)16-5-3-2-4-6-16)20-14-31(18-8-10-19(32)11-9-18)25-23(20)24(27)28-15-29-25/h2-7,12-15,18H,8-11H2,1H3,(H,30,33)(H2,27,28,29). The van der Waals surface area contributed by atoms with Crippen molar-refractivity contribution in [3.05, 3.63) is 66.6 Å². The highest BCUT2D eigenvalue weighted by Crippen LogP contribution is 2.39. The molecule has 1 amide bonds. The Kier molecular flexibility index (Phi) is 5.71. The summed E-state index contributed by atoms with van der Waals surface area (Å²) in [6.07, 6.45) is 6.20. The van der Waals surface area contributed by atoms with Gasteiger partial charge < -0.3 is 20.4 Å². The van der Waals surface area contributed by atoms with Gasteiger partial charge in [0.25, 0.3) is 5.91 Å². The zero-order valence-electron chi connectivity index (χ0n) is 18.8. The van der Waals surface area contributed by atoms with Crippen molar-refractivity contribution in [1.82, 2.24) is 14.5 Å². The summed E-state index contributed by atoms with van der Waals surface area (Å²) in [5.74, 6) is 1.01. The first-order valence-electron chi connectivity index (χ1n) is 11.2. The lowest BCUT2D eigenvalue weighted by Crippen LogP contribution is -2.17. The molecule has 8 heteroatoms. The third-order valence-electron chi connectivity index (χ3n) is 6.34. The van der Waals surface area contributed by atoms with Gasteiger partial charge in [-0.25, -0.2) is 9.97 Å². The van der Waals surface area contributed by atoms with Crippen molar-refractivity contribution >= 4 is 34.2 Å². The zero-order valence-corrected chi connectivity index (χ0v) is 18.8. The van der Waals surface area contributed by atoms with Crippen LogP contribution >= 0.6 is 0 Å². The van der Waals surface area contributed by atoms with Gasteiger partial charge >= 0.3 is 0 Å². The third kappa shape index (κ3) is 3.98. The number of nitrogens with zero attached hydrogens (tertiary/aromatic N) is 3. The highest BCUT2D eigenvalue weighted by atomic mass is 16.5. The van der Waals surface area contributed by atoms with Gasteiger partial charge in [0.05, 0.1) is 18.2 Å². The number of nitrogen functional groups attached to an aromatic ring is 1. The van der Waals surface area contributed by atoms with Gasteiger partial charge in [-0.15, -0.1) is 0 Å². The number of nitrogens with two attached hydrogens (primary N) is 1. The molecule has 5 rings (SSSR count). The zero-order chi connectivity index (χ0) is 23.7. The Hall–Kier alpha value is -4.20. The minimum Gasteiger partial charge on any atom is -0.495 e. The first kappa shape index (κ1) is 21.6. The van der Waals surface area contributed by atoms with Gasteiger partial charge in [-0.2, -0.15) is 0 Å². The van der Waals surface area contributed by atoms with Crippen LogP contribution in [-0.2, 0) is 4.79 Å². The molecule has 1 saturated carbocycles. The Bertz CT molecular complexity index is 1370. The van der Waals surface area contributed by atoms with E-state index in [1.807, 2.05) is 42.6 Å². The monoisotopic (exact) mass is 455 g/mol. The van der Waals surface area contributed by atoms with Crippen LogP contribution in [0.25, 0.3) is 22.2 Å². The van der Waals surface area contributed by atoms with Crippen LogP contribution in [0.2, 0.25) is 0 Å². The number of fused-ring (bicyclic) bond motifs is 1. The largest absolute Gasteiger partial charge is 0.495 e. The summed E-state index contributed by atoms with van der Waals surface area (Å²) in [6.45, 7) is 0. The summed E-state index contributed by atoms with van der Waals surface area (Å²) in [7, 11) is 1.57. The molecule has 4 aromatic rings. The molecule has 0 unspecified atom stereocenters. The van der Waals surface area contributed by atoms with E-state index >= 15 is 0 Å². The Labute approximate surface area is 196 Å². The number of ketones is 1. The van der Waals surface area contributed by atoms with Crippen molar-refractivity contribution in [2.45, 2.75) is 31.7 Å². The Morgan fingerprint density at radius 3 is 2.62 bits per heavy atom. The maximum atomic E-state index is 12.6. The van der Waals surface area contributed by atoms with Crippen LogP contribution in [0.4, 0.5) is 11.5 Å². The van der Waals surface area contributed by atoms with Crippen LogP contribution in [0.1, 0.15) is 42.1 Å². The van der Waals surface area contributed by atoms with Gasteiger partial charge in [-0.1, -0.05) is 24.3 Å². The van der Waals surface area contributed by atoms with Crippen LogP contribution in [0.3, 0.4) is 0 Å². The van der Waals surface area contributed by atoms with E-state index in [0.717, 1.165) is 35.0 Å². The van der Waals surface area contributed by atoms with Crippen LogP contribution in [0.5, 0.6) is 5.75 Å². The average molecular weight is 456 g/mol. The normalized spacial score (nSPS) is 14.3. The second-order valence-corrected chi connectivity index (χ2v) is 8.41. The topological polar surface area (TPSA) is 112 Å². The van der Waals surface area contributed by atoms with E-state index < -0.39 is 0 Å². The molecule has 0 atom stereocenters. The van der Waals surface area contributed by atoms with Crippen molar-refractivity contribution in [3.8, 4) is 16.9 Å². The van der Waals surface area contributed by atoms with Crippen molar-refractivity contribution in [1.29, 1.82) is 0 Å². The molecule has 2 aromatic heterocycles. The first-order chi connectivity index (χ1) is 16.5. The number of carbonyl (C=O) groups is 2. The summed E-state index contributed by atoms with van der Waals surface area (Å²) < 4.78 is 7.72. The van der Waals surface area contributed by atoms with Gasteiger partial charge in [0, 0.05) is 36.2 Å². The van der Waals surface area contributed by atoms with Gasteiger partial charge in [-0.3, -0.25) is 9.59 Å². The number of hydrogen-bond donors (Lipinski definition) is 2. The van der Waals surface area contributed by atoms with Gasteiger partial charge in [0.15, 0.2) is 0 Å². The maximum Gasteiger partial charge on any atom is 0.255 e. The van der Waals surface area contributed by atoms with Gasteiger partial charge in [-0.05, 0) is 42.7 Å². The van der Waals surface area contributed by atoms with Crippen LogP contribution in [0.15, 0.2) is 61.1 Å². The van der Waals surface area contributed by atoms with E-state index in [9.17, 15) is 9.59 Å². The Balaban J connectivity index is 1.53. The minimum atomic E-state index is -0.215. The number of amides is 1. The average Bonchev–Trinajstić information content (AvgIpc) is 3.26. The molecule has 0 radical (unpaired) electrons. The number of ether oxygens (including phenoxy) is 1. The molecule has 3 N–H and O–H groups in total. The molecular weight excluding hydrogens is 430 g/mol. The fraction of sp³-hybridized carbons (Fsp3) is 0.231. The van der Waals surface area contributed by atoms with E-state index in [0.29, 0.717) is 41.4 Å². The number of rotatable bonds is 5. The minimum absolute atomic E-state index is 0.176. The first-order valence-corrected chi connectivity index (χ1v) is 11.2. The summed E-state index contributed by atoms with van der Waals surface area (Å²) in [5.41, 5.74) is 9.91. The quantitative estimate of drug-likeness (QED) is 0.454. The van der Waals surface area contributed by atoms with Crippen molar-refractivity contribution in [3.63, 3.8) is 0 Å². The van der Waals surface area contributed by atoms with Crippen molar-refractivity contribution in [2.24, 2.45) is 0 Å². The molecule has 1 aliphatic rings. The third-order valence-corrected chi connectivity index (χ3v) is 6.34. The second-order valence-electron chi connectivity index (χ2n) is 8.41. The number of carbonyl (C=O) groups excluding carboxylic acids is 2. The van der Waals surface area contributed by atoms with E-state index in [1.165, 1.54) is 6.33 Å². The highest BCUT2D eigenvalue weighted by molar-refractivity contribution is 6.06. The SMILES string of the molecule is COc1cc(-c2cn(C3CCC(=O)CC3)c3ncnc(N)c23)ccc1NC(=O)c1ccccc1. The lowest BCUT2D eigenvalue weighted by atomic mass is 9.94. The molecule has 0 aliphatic heterocycles. The molecule has 0 saturated heterocycles. The predicted octanol–water partition coefficient (Wildman–Crippen LogP) is 4.63. The second kappa shape index (κ2) is 8.97. The Morgan fingerprint density at radius 2 is 1.88 bits per heavy atom. The lowest BCUT2D eigenvalue weighted by Gasteiger charge is -2.23. The van der Waals surface area contributed by atoms with E-state index in [-0.39, 0.29) is 11.9 Å². The van der Waals surface area contributed by atoms with Crippen LogP contribution in [0, 0.1) is 0 Å². The summed E-state index contributed by atoms with van der Waals surface area (Å²) >= 11 is 0. The molecule has 0 spiro atoms. The molecule has 8 nitrogen and oxygen atoms in total. The summed E-state index contributed by atoms with van der Waals surface area (Å²) in [6, 6.07) is 14.8. The number of benzene rings is 2. The highest BCUT2D eigenvalue weighted by Gasteiger charge is 2.25. The summed E-state index contributed by atoms with van der Waals surface area (Å²) in [4.78, 5) is 33.1. The number of Topliss-reactive ketones (excluding diaryl/α,β-unsaturated/α-hetero) is 1. The smallest absolute Gasteiger partial charge is 0.255 e. The molecule has 34 heavy (non-hydrogen) atoms. The molecule has 1 aliphatic carbocycles. The molecule has 0 bridgehead atoms. The van der Waals surface area contributed by atoms with E-state index in [1.54, 1.807) is 19.2 Å². The number of aromatic nitrogens is 3. The van der Waals surface area contributed by atoms with Gasteiger partial charge in [0.2, 0.25) is 0 Å². The van der Waals surface area contributed by atoms with E-state index in [2.05, 4.69) is 19.9 Å². The number of methoxy groups -OCH3 is 1. The fourth-order valence-electron chi connectivity index (χ4n) is 4.55. The van der Waals surface area contributed by atoms with Crippen molar-refractivity contribution in [2.75, 3.05) is 18.2 Å². The number of nitrogens with one attached hydrogen (secondary N) is 1. The van der Waals surface area contributed by atoms with E-state index in [4.69, 9.17) is 10.5 Å². The van der Waals surface area contributed by atoms with Gasteiger partial charge in [0.1, 0.15) is 29.3 Å². The maximum absolute atomic E-state index is 12.6. The Morgan fingerprint density at radius 1 is 1.12 bits per heavy atom. The predicted molar refractivity (Wildman–Crippen MR) is 131 cm³/mol. The summed E-state index contributed by atoms with van der Waals surface area (Å²) in [5, 5.41) is 3.68. The van der Waals surface area contributed by atoms with Crippen LogP contribution < -0.4 is 15.8 Å². The molecular formula is C26H25N5O3. The van der Waals surface area contributed by atoms with Crippen LogP contribution in [-0.4, -0.2) is 33.3 Å². The number of anilines is 2. The molecule has 2 heterocycles. The lowest BCUT2D eigenvalue weighted by molar-refractivity contribution is -0.120. The number of hydrogen-bond acceptors (Lipinski definition) is 6. The molecule has 1 fully saturated rings. The van der Waals surface area contributed by atoms with Crippen molar-refractivity contribution < 1.29 is 14.3 Å². The molecule has 172 valence electrons. The fourth-order valence-corrected chi connectivity index (χ4v) is 4.55. The molecule has 2 aromatic carbocycles.